The summed E-state index contributed by atoms with van der Waals surface area (Å²) >= 11 is -2.13. The molecule has 0 aromatic carbocycles. The number of halogens is 2. The first-order valence-electron chi connectivity index (χ1n) is 2.17. The van der Waals surface area contributed by atoms with E-state index in [-0.39, 0.29) is 0 Å². The van der Waals surface area contributed by atoms with Crippen molar-refractivity contribution in [2.45, 2.75) is 13.3 Å². The summed E-state index contributed by atoms with van der Waals surface area (Å²) in [6, 6.07) is 0. The van der Waals surface area contributed by atoms with E-state index in [1.54, 1.807) is 0 Å². The molecule has 0 aliphatic carbocycles. The molecule has 0 saturated carbocycles. The van der Waals surface area contributed by atoms with E-state index in [1.165, 1.54) is 0 Å². The van der Waals surface area contributed by atoms with Crippen molar-refractivity contribution < 1.29 is 3.53 Å². The van der Waals surface area contributed by atoms with Crippen molar-refractivity contribution in [3.8, 4) is 0 Å². The molecule has 0 saturated heterocycles. The van der Waals surface area contributed by atoms with Crippen molar-refractivity contribution in [1.82, 2.24) is 0 Å². The topological polar surface area (TPSA) is 9.23 Å². The molecule has 1 nitrogen and oxygen atoms in total. The van der Waals surface area contributed by atoms with E-state index >= 15 is 0 Å². The quantitative estimate of drug-likeness (QED) is 0.631. The van der Waals surface area contributed by atoms with Crippen molar-refractivity contribution in [3.63, 3.8) is 0 Å². The van der Waals surface area contributed by atoms with Gasteiger partial charge in [0.1, 0.15) is 0 Å². The van der Waals surface area contributed by atoms with Gasteiger partial charge in [-0.15, -0.1) is 0 Å². The summed E-state index contributed by atoms with van der Waals surface area (Å²) in [5.41, 5.74) is 0. The fourth-order valence-corrected chi connectivity index (χ4v) is 2.00. The fraction of sp³-hybridized carbons (Fsp3) is 1.00. The molecule has 0 aromatic rings. The van der Waals surface area contributed by atoms with Crippen molar-refractivity contribution >= 4 is 33.9 Å². The molecule has 0 aromatic heterocycles. The molecule has 0 bridgehead atoms. The Morgan fingerprint density at radius 2 is 2.14 bits per heavy atom. The maximum absolute atomic E-state index is 5.39. The van der Waals surface area contributed by atoms with Crippen LogP contribution in [0.2, 0.25) is 0 Å². The third-order valence-corrected chi connectivity index (χ3v) is 2.78. The molecule has 4 heteroatoms. The summed E-state index contributed by atoms with van der Waals surface area (Å²) in [7, 11) is 10.8. The van der Waals surface area contributed by atoms with E-state index in [0.717, 1.165) is 13.0 Å². The molecule has 0 unspecified atom stereocenters. The van der Waals surface area contributed by atoms with Gasteiger partial charge in [0, 0.05) is 0 Å². The summed E-state index contributed by atoms with van der Waals surface area (Å²) in [6.07, 6.45) is 1.00. The third kappa shape index (κ3) is 7.18. The predicted octanol–water partition coefficient (Wildman–Crippen LogP) is 1.88. The second-order valence-electron chi connectivity index (χ2n) is 1.13. The van der Waals surface area contributed by atoms with Gasteiger partial charge >= 0.3 is 57.3 Å². The van der Waals surface area contributed by atoms with Crippen LogP contribution in [0.5, 0.6) is 0 Å². The monoisotopic (exact) mass is 198 g/mol. The van der Waals surface area contributed by atoms with Crippen LogP contribution in [0.25, 0.3) is 0 Å². The van der Waals surface area contributed by atoms with Crippen LogP contribution in [-0.2, 0) is 3.53 Å². The number of hydrogen-bond acceptors (Lipinski definition) is 1. The Labute approximate surface area is 57.4 Å². The minimum absolute atomic E-state index is 0.720. The Morgan fingerprint density at radius 1 is 1.57 bits per heavy atom. The van der Waals surface area contributed by atoms with Crippen LogP contribution in [0.3, 0.4) is 0 Å². The number of hydrogen-bond donors (Lipinski definition) is 0. The standard InChI is InChI=1S/C3H7O.2ClH.Ga/c1-2-3-4;;;/h2-3H2,1H3;2*1H;/q-1;;;+3/p-2. The average molecular weight is 200 g/mol. The van der Waals surface area contributed by atoms with Gasteiger partial charge in [0.25, 0.3) is 0 Å². The zero-order chi connectivity index (χ0) is 5.70. The van der Waals surface area contributed by atoms with Crippen LogP contribution in [-0.4, -0.2) is 21.2 Å². The van der Waals surface area contributed by atoms with E-state index in [9.17, 15) is 0 Å². The van der Waals surface area contributed by atoms with Crippen LogP contribution < -0.4 is 0 Å². The van der Waals surface area contributed by atoms with Gasteiger partial charge in [0.15, 0.2) is 0 Å². The average Bonchev–Trinajstić information content (AvgIpc) is 1.61. The van der Waals surface area contributed by atoms with Gasteiger partial charge in [-0.3, -0.25) is 0 Å². The molecule has 0 amide bonds. The fourth-order valence-electron chi connectivity index (χ4n) is 0.207. The van der Waals surface area contributed by atoms with Crippen molar-refractivity contribution in [1.29, 1.82) is 0 Å². The molecule has 0 rings (SSSR count). The maximum atomic E-state index is 5.39. The molecule has 42 valence electrons. The number of rotatable bonds is 3. The van der Waals surface area contributed by atoms with Gasteiger partial charge < -0.3 is 0 Å². The molecule has 0 aliphatic heterocycles. The Morgan fingerprint density at radius 3 is 2.29 bits per heavy atom. The first-order chi connectivity index (χ1) is 3.27. The van der Waals surface area contributed by atoms with Gasteiger partial charge in [0.05, 0.1) is 0 Å². The molecule has 0 N–H and O–H groups in total. The second kappa shape index (κ2) is 5.32. The Kier molecular flexibility index (Phi) is 6.21. The molecular formula is C3H7Cl2GaO. The Balaban J connectivity index is 2.68. The SMILES string of the molecule is CCC[O][Ga]([Cl])[Cl]. The van der Waals surface area contributed by atoms with Crippen LogP contribution in [0.4, 0.5) is 0 Å². The first-order valence-corrected chi connectivity index (χ1v) is 9.52. The van der Waals surface area contributed by atoms with E-state index in [1.807, 2.05) is 6.92 Å². The summed E-state index contributed by atoms with van der Waals surface area (Å²) < 4.78 is 4.91. The van der Waals surface area contributed by atoms with E-state index < -0.39 is 14.6 Å². The molecule has 0 atom stereocenters. The molecule has 0 radical (unpaired) electrons. The van der Waals surface area contributed by atoms with Gasteiger partial charge in [-0.1, -0.05) is 0 Å². The second-order valence-corrected chi connectivity index (χ2v) is 8.20. The van der Waals surface area contributed by atoms with Crippen molar-refractivity contribution in [2.75, 3.05) is 6.61 Å². The summed E-state index contributed by atoms with van der Waals surface area (Å²) in [5, 5.41) is 0. The van der Waals surface area contributed by atoms with Crippen LogP contribution >= 0.6 is 19.3 Å². The zero-order valence-electron chi connectivity index (χ0n) is 4.16. The zero-order valence-corrected chi connectivity index (χ0v) is 8.09. The van der Waals surface area contributed by atoms with Crippen LogP contribution in [0, 0.1) is 0 Å². The normalized spacial score (nSPS) is 9.00. The van der Waals surface area contributed by atoms with E-state index in [2.05, 4.69) is 0 Å². The Bertz CT molecular complexity index is 41.9. The van der Waals surface area contributed by atoms with Crippen LogP contribution in [0.1, 0.15) is 13.3 Å². The predicted molar refractivity (Wildman–Crippen MR) is 33.7 cm³/mol. The molecule has 0 heterocycles. The Hall–Kier alpha value is 1.18. The van der Waals surface area contributed by atoms with Gasteiger partial charge in [-0.05, 0) is 0 Å². The van der Waals surface area contributed by atoms with Gasteiger partial charge in [-0.2, -0.15) is 0 Å². The van der Waals surface area contributed by atoms with E-state index in [4.69, 9.17) is 22.8 Å². The van der Waals surface area contributed by atoms with Crippen LogP contribution in [0.15, 0.2) is 0 Å². The molecule has 0 spiro atoms. The summed E-state index contributed by atoms with van der Waals surface area (Å²) in [6.45, 7) is 2.75. The molecule has 7 heavy (non-hydrogen) atoms. The summed E-state index contributed by atoms with van der Waals surface area (Å²) in [5.74, 6) is 0. The summed E-state index contributed by atoms with van der Waals surface area (Å²) in [4.78, 5) is 0. The third-order valence-electron chi connectivity index (χ3n) is 0.448. The minimum atomic E-state index is -2.13. The van der Waals surface area contributed by atoms with Gasteiger partial charge in [0.2, 0.25) is 0 Å². The van der Waals surface area contributed by atoms with Gasteiger partial charge in [-0.25, -0.2) is 0 Å². The molecule has 0 aliphatic rings. The molecular weight excluding hydrogens is 193 g/mol. The molecule has 0 fully saturated rings. The van der Waals surface area contributed by atoms with Crippen molar-refractivity contribution in [2.24, 2.45) is 0 Å². The van der Waals surface area contributed by atoms with E-state index in [0.29, 0.717) is 0 Å². The first kappa shape index (κ1) is 8.18. The van der Waals surface area contributed by atoms with Crippen molar-refractivity contribution in [3.05, 3.63) is 0 Å².